The smallest absolute Gasteiger partial charge is 0.0794 e. The van der Waals surface area contributed by atoms with Gasteiger partial charge in [-0.05, 0) is 38.1 Å². The van der Waals surface area contributed by atoms with Crippen molar-refractivity contribution < 1.29 is 0 Å². The maximum absolute atomic E-state index is 4.15. The summed E-state index contributed by atoms with van der Waals surface area (Å²) >= 11 is 1.79. The van der Waals surface area contributed by atoms with Gasteiger partial charge in [0.2, 0.25) is 0 Å². The molecule has 1 unspecified atom stereocenters. The van der Waals surface area contributed by atoms with Gasteiger partial charge in [-0.2, -0.15) is 0 Å². The van der Waals surface area contributed by atoms with E-state index in [2.05, 4.69) is 17.2 Å². The van der Waals surface area contributed by atoms with Crippen LogP contribution in [0.25, 0.3) is 0 Å². The van der Waals surface area contributed by atoms with Crippen molar-refractivity contribution in [1.82, 2.24) is 10.3 Å². The van der Waals surface area contributed by atoms with Gasteiger partial charge in [0, 0.05) is 17.1 Å². The van der Waals surface area contributed by atoms with E-state index in [1.54, 1.807) is 11.3 Å². The number of thiazole rings is 1. The van der Waals surface area contributed by atoms with Crippen LogP contribution in [-0.2, 0) is 6.42 Å². The quantitative estimate of drug-likeness (QED) is 0.803. The zero-order valence-electron chi connectivity index (χ0n) is 9.41. The van der Waals surface area contributed by atoms with E-state index in [0.717, 1.165) is 12.5 Å². The Labute approximate surface area is 96.1 Å². The molecule has 0 saturated heterocycles. The van der Waals surface area contributed by atoms with Crippen molar-refractivity contribution in [3.8, 4) is 0 Å². The number of nitrogens with zero attached hydrogens (tertiary/aromatic N) is 1. The largest absolute Gasteiger partial charge is 0.313 e. The molecule has 0 aromatic carbocycles. The van der Waals surface area contributed by atoms with Gasteiger partial charge in [0.05, 0.1) is 5.51 Å². The molecule has 1 atom stereocenters. The van der Waals surface area contributed by atoms with Crippen LogP contribution in [0.15, 0.2) is 11.7 Å². The van der Waals surface area contributed by atoms with Crippen LogP contribution in [0.2, 0.25) is 0 Å². The fraction of sp³-hybridized carbons (Fsp3) is 0.750. The molecule has 0 radical (unpaired) electrons. The maximum Gasteiger partial charge on any atom is 0.0794 e. The molecule has 2 nitrogen and oxygen atoms in total. The molecule has 1 aromatic rings. The number of hydrogen-bond acceptors (Lipinski definition) is 3. The molecule has 3 heteroatoms. The van der Waals surface area contributed by atoms with E-state index < -0.39 is 0 Å². The Bertz CT molecular complexity index is 267. The first-order valence-electron chi connectivity index (χ1n) is 6.01. The Balaban J connectivity index is 1.86. The first-order valence-corrected chi connectivity index (χ1v) is 6.89. The van der Waals surface area contributed by atoms with Gasteiger partial charge < -0.3 is 5.32 Å². The monoisotopic (exact) mass is 224 g/mol. The summed E-state index contributed by atoms with van der Waals surface area (Å²) in [5.74, 6) is 0.915. The van der Waals surface area contributed by atoms with Gasteiger partial charge in [0.1, 0.15) is 0 Å². The van der Waals surface area contributed by atoms with E-state index in [-0.39, 0.29) is 0 Å². The molecular formula is C12H20N2S. The third-order valence-corrected chi connectivity index (χ3v) is 4.08. The highest BCUT2D eigenvalue weighted by molar-refractivity contribution is 7.09. The lowest BCUT2D eigenvalue weighted by atomic mass is 9.78. The van der Waals surface area contributed by atoms with Crippen molar-refractivity contribution in [2.45, 2.75) is 45.1 Å². The van der Waals surface area contributed by atoms with E-state index in [1.807, 2.05) is 11.7 Å². The minimum absolute atomic E-state index is 0.694. The van der Waals surface area contributed by atoms with Gasteiger partial charge in [0.15, 0.2) is 0 Å². The molecule has 1 N–H and O–H groups in total. The standard InChI is InChI=1S/C12H20N2S/c1-2-6-14-12(10-4-3-5-10)7-11-8-13-9-15-11/h8-10,12,14H,2-7H2,1H3. The van der Waals surface area contributed by atoms with E-state index in [1.165, 1.54) is 37.0 Å². The molecule has 1 saturated carbocycles. The third kappa shape index (κ3) is 3.02. The van der Waals surface area contributed by atoms with Crippen LogP contribution in [0.5, 0.6) is 0 Å². The topological polar surface area (TPSA) is 24.9 Å². The molecular weight excluding hydrogens is 204 g/mol. The summed E-state index contributed by atoms with van der Waals surface area (Å²) in [6.07, 6.45) is 8.68. The van der Waals surface area contributed by atoms with E-state index in [9.17, 15) is 0 Å². The third-order valence-electron chi connectivity index (χ3n) is 3.28. The van der Waals surface area contributed by atoms with Crippen molar-refractivity contribution >= 4 is 11.3 Å². The number of hydrogen-bond donors (Lipinski definition) is 1. The summed E-state index contributed by atoms with van der Waals surface area (Å²) in [5, 5.41) is 3.69. The minimum atomic E-state index is 0.694. The molecule has 2 rings (SSSR count). The van der Waals surface area contributed by atoms with E-state index >= 15 is 0 Å². The fourth-order valence-electron chi connectivity index (χ4n) is 2.14. The Kier molecular flexibility index (Phi) is 4.15. The Morgan fingerprint density at radius 2 is 2.47 bits per heavy atom. The van der Waals surface area contributed by atoms with Gasteiger partial charge in [-0.25, -0.2) is 0 Å². The van der Waals surface area contributed by atoms with Crippen molar-refractivity contribution in [3.63, 3.8) is 0 Å². The predicted octanol–water partition coefficient (Wildman–Crippen LogP) is 2.85. The second kappa shape index (κ2) is 5.61. The van der Waals surface area contributed by atoms with Gasteiger partial charge in [-0.15, -0.1) is 11.3 Å². The number of rotatable bonds is 6. The number of nitrogens with one attached hydrogen (secondary N) is 1. The Morgan fingerprint density at radius 3 is 3.00 bits per heavy atom. The summed E-state index contributed by atoms with van der Waals surface area (Å²) in [6.45, 7) is 3.39. The van der Waals surface area contributed by atoms with E-state index in [4.69, 9.17) is 0 Å². The van der Waals surface area contributed by atoms with Gasteiger partial charge in [-0.3, -0.25) is 4.98 Å². The molecule has 1 aliphatic carbocycles. The fourth-order valence-corrected chi connectivity index (χ4v) is 2.79. The van der Waals surface area contributed by atoms with Gasteiger partial charge in [-0.1, -0.05) is 13.3 Å². The highest BCUT2D eigenvalue weighted by atomic mass is 32.1. The minimum Gasteiger partial charge on any atom is -0.313 e. The van der Waals surface area contributed by atoms with Crippen LogP contribution in [0.3, 0.4) is 0 Å². The van der Waals surface area contributed by atoms with Crippen LogP contribution in [0.4, 0.5) is 0 Å². The summed E-state index contributed by atoms with van der Waals surface area (Å²) in [7, 11) is 0. The van der Waals surface area contributed by atoms with Crippen molar-refractivity contribution in [3.05, 3.63) is 16.6 Å². The van der Waals surface area contributed by atoms with Gasteiger partial charge in [0.25, 0.3) is 0 Å². The molecule has 0 amide bonds. The molecule has 1 heterocycles. The van der Waals surface area contributed by atoms with E-state index in [0.29, 0.717) is 6.04 Å². The zero-order valence-corrected chi connectivity index (χ0v) is 10.2. The lowest BCUT2D eigenvalue weighted by Gasteiger charge is -2.34. The SMILES string of the molecule is CCCNC(Cc1cncs1)C1CCC1. The Morgan fingerprint density at radius 1 is 1.60 bits per heavy atom. The Hall–Kier alpha value is -0.410. The second-order valence-corrected chi connectivity index (χ2v) is 5.39. The molecule has 0 bridgehead atoms. The van der Waals surface area contributed by atoms with Crippen molar-refractivity contribution in [1.29, 1.82) is 0 Å². The summed E-state index contributed by atoms with van der Waals surface area (Å²) in [5.41, 5.74) is 1.94. The summed E-state index contributed by atoms with van der Waals surface area (Å²) in [6, 6.07) is 0.694. The lowest BCUT2D eigenvalue weighted by molar-refractivity contribution is 0.228. The highest BCUT2D eigenvalue weighted by Gasteiger charge is 2.26. The number of aromatic nitrogens is 1. The molecule has 1 aliphatic rings. The predicted molar refractivity (Wildman–Crippen MR) is 65.2 cm³/mol. The van der Waals surface area contributed by atoms with Crippen LogP contribution in [0, 0.1) is 5.92 Å². The highest BCUT2D eigenvalue weighted by Crippen LogP contribution is 2.31. The van der Waals surface area contributed by atoms with Crippen LogP contribution in [0.1, 0.15) is 37.5 Å². The molecule has 1 aromatic heterocycles. The second-order valence-electron chi connectivity index (χ2n) is 4.42. The average Bonchev–Trinajstić information content (AvgIpc) is 2.64. The van der Waals surface area contributed by atoms with Crippen LogP contribution < -0.4 is 5.32 Å². The lowest BCUT2D eigenvalue weighted by Crippen LogP contribution is -2.41. The summed E-state index contributed by atoms with van der Waals surface area (Å²) < 4.78 is 0. The maximum atomic E-state index is 4.15. The van der Waals surface area contributed by atoms with Crippen LogP contribution >= 0.6 is 11.3 Å². The summed E-state index contributed by atoms with van der Waals surface area (Å²) in [4.78, 5) is 5.58. The average molecular weight is 224 g/mol. The first-order chi connectivity index (χ1) is 7.40. The first kappa shape index (κ1) is 11.1. The molecule has 84 valence electrons. The zero-order chi connectivity index (χ0) is 10.5. The normalized spacial score (nSPS) is 18.7. The van der Waals surface area contributed by atoms with Gasteiger partial charge >= 0.3 is 0 Å². The van der Waals surface area contributed by atoms with Crippen molar-refractivity contribution in [2.75, 3.05) is 6.54 Å². The van der Waals surface area contributed by atoms with Crippen LogP contribution in [-0.4, -0.2) is 17.6 Å². The molecule has 0 spiro atoms. The molecule has 15 heavy (non-hydrogen) atoms. The molecule has 0 aliphatic heterocycles. The molecule has 1 fully saturated rings. The van der Waals surface area contributed by atoms with Crippen molar-refractivity contribution in [2.24, 2.45) is 5.92 Å².